The highest BCUT2D eigenvalue weighted by molar-refractivity contribution is 5.69. The summed E-state index contributed by atoms with van der Waals surface area (Å²) in [5.41, 5.74) is -0.562. The highest BCUT2D eigenvalue weighted by Gasteiger charge is 2.38. The van der Waals surface area contributed by atoms with E-state index in [2.05, 4.69) is 0 Å². The van der Waals surface area contributed by atoms with Crippen LogP contribution in [0, 0.1) is 0 Å². The molecule has 0 aliphatic carbocycles. The summed E-state index contributed by atoms with van der Waals surface area (Å²) in [6, 6.07) is -0.357. The van der Waals surface area contributed by atoms with E-state index in [0.29, 0.717) is 6.42 Å². The number of ether oxygens (including phenoxy) is 1. The second kappa shape index (κ2) is 4.59. The number of hydrogen-bond donors (Lipinski definition) is 2. The first-order chi connectivity index (χ1) is 7.20. The molecule has 5 nitrogen and oxygen atoms in total. The number of aliphatic hydroxyl groups excluding tert-OH is 2. The van der Waals surface area contributed by atoms with Crippen molar-refractivity contribution in [1.29, 1.82) is 0 Å². The third-order valence-corrected chi connectivity index (χ3v) is 2.51. The number of β-amino-alcohol motifs (C(OH)–C–C–N with tert-alkyl or cyclic N) is 1. The van der Waals surface area contributed by atoms with Crippen LogP contribution in [0.2, 0.25) is 0 Å². The lowest BCUT2D eigenvalue weighted by molar-refractivity contribution is 0.00734. The molecule has 3 atom stereocenters. The minimum atomic E-state index is -0.662. The van der Waals surface area contributed by atoms with Crippen LogP contribution in [0.25, 0.3) is 0 Å². The van der Waals surface area contributed by atoms with Crippen LogP contribution in [-0.2, 0) is 4.74 Å². The number of amides is 1. The van der Waals surface area contributed by atoms with Crippen molar-refractivity contribution in [3.63, 3.8) is 0 Å². The Morgan fingerprint density at radius 1 is 1.50 bits per heavy atom. The molecular formula is C11H21NO4. The molecule has 1 unspecified atom stereocenters. The Bertz CT molecular complexity index is 259. The van der Waals surface area contributed by atoms with Gasteiger partial charge in [0.1, 0.15) is 5.60 Å². The first kappa shape index (κ1) is 13.3. The minimum Gasteiger partial charge on any atom is -0.444 e. The van der Waals surface area contributed by atoms with Gasteiger partial charge in [-0.1, -0.05) is 0 Å². The van der Waals surface area contributed by atoms with Crippen LogP contribution in [0.15, 0.2) is 0 Å². The van der Waals surface area contributed by atoms with Gasteiger partial charge >= 0.3 is 6.09 Å². The van der Waals surface area contributed by atoms with Gasteiger partial charge in [0.15, 0.2) is 0 Å². The van der Waals surface area contributed by atoms with Crippen LogP contribution in [-0.4, -0.2) is 51.6 Å². The summed E-state index contributed by atoms with van der Waals surface area (Å²) in [4.78, 5) is 13.2. The predicted octanol–water partition coefficient (Wildman–Crippen LogP) is 0.737. The van der Waals surface area contributed by atoms with Gasteiger partial charge in [-0.15, -0.1) is 0 Å². The molecule has 0 saturated carbocycles. The maximum absolute atomic E-state index is 11.8. The van der Waals surface area contributed by atoms with E-state index in [1.807, 2.05) is 0 Å². The number of rotatable bonds is 1. The molecule has 1 saturated heterocycles. The Hall–Kier alpha value is -0.810. The zero-order valence-electron chi connectivity index (χ0n) is 10.3. The highest BCUT2D eigenvalue weighted by atomic mass is 16.6. The lowest BCUT2D eigenvalue weighted by Gasteiger charge is -2.29. The molecule has 1 rings (SSSR count). The lowest BCUT2D eigenvalue weighted by atomic mass is 10.1. The van der Waals surface area contributed by atoms with Crippen molar-refractivity contribution in [1.82, 2.24) is 4.90 Å². The van der Waals surface area contributed by atoms with Crippen LogP contribution >= 0.6 is 0 Å². The van der Waals surface area contributed by atoms with Crippen LogP contribution in [0.1, 0.15) is 34.1 Å². The second-order valence-electron chi connectivity index (χ2n) is 5.33. The van der Waals surface area contributed by atoms with E-state index in [0.717, 1.165) is 0 Å². The van der Waals surface area contributed by atoms with E-state index in [1.54, 1.807) is 27.7 Å². The van der Waals surface area contributed by atoms with Crippen LogP contribution < -0.4 is 0 Å². The Balaban J connectivity index is 2.67. The molecule has 1 aliphatic heterocycles. The third kappa shape index (κ3) is 3.35. The topological polar surface area (TPSA) is 70.0 Å². The van der Waals surface area contributed by atoms with Crippen molar-refractivity contribution in [2.24, 2.45) is 0 Å². The standard InChI is InChI=1S/C11H21NO4/c1-7(13)9-5-8(14)6-12(9)10(15)16-11(2,3)4/h7-9,13-14H,5-6H2,1-4H3/t7?,8-,9+/m1/s1. The average molecular weight is 231 g/mol. The predicted molar refractivity (Wildman–Crippen MR) is 59.0 cm³/mol. The van der Waals surface area contributed by atoms with E-state index >= 15 is 0 Å². The van der Waals surface area contributed by atoms with Gasteiger partial charge in [-0.25, -0.2) is 4.79 Å². The van der Waals surface area contributed by atoms with E-state index in [-0.39, 0.29) is 12.6 Å². The summed E-state index contributed by atoms with van der Waals surface area (Å²) in [6.45, 7) is 7.20. The maximum Gasteiger partial charge on any atom is 0.410 e. The second-order valence-corrected chi connectivity index (χ2v) is 5.33. The molecule has 94 valence electrons. The van der Waals surface area contributed by atoms with Gasteiger partial charge in [0.25, 0.3) is 0 Å². The molecule has 0 aromatic rings. The van der Waals surface area contributed by atoms with Crippen molar-refractivity contribution in [2.75, 3.05) is 6.54 Å². The SMILES string of the molecule is CC(O)[C@@H]1C[C@@H](O)CN1C(=O)OC(C)(C)C. The summed E-state index contributed by atoms with van der Waals surface area (Å²) in [5.74, 6) is 0. The summed E-state index contributed by atoms with van der Waals surface area (Å²) in [6.07, 6.45) is -1.32. The summed E-state index contributed by atoms with van der Waals surface area (Å²) in [5, 5.41) is 19.0. The van der Waals surface area contributed by atoms with E-state index < -0.39 is 23.9 Å². The van der Waals surface area contributed by atoms with Crippen molar-refractivity contribution >= 4 is 6.09 Å². The van der Waals surface area contributed by atoms with Crippen molar-refractivity contribution in [3.05, 3.63) is 0 Å². The van der Waals surface area contributed by atoms with Crippen molar-refractivity contribution in [2.45, 2.75) is 58.0 Å². The van der Waals surface area contributed by atoms with E-state index in [4.69, 9.17) is 4.74 Å². The lowest BCUT2D eigenvalue weighted by Crippen LogP contribution is -2.44. The van der Waals surface area contributed by atoms with Gasteiger partial charge in [0.05, 0.1) is 24.8 Å². The van der Waals surface area contributed by atoms with Gasteiger partial charge in [-0.2, -0.15) is 0 Å². The molecule has 16 heavy (non-hydrogen) atoms. The largest absolute Gasteiger partial charge is 0.444 e. The molecule has 1 fully saturated rings. The third-order valence-electron chi connectivity index (χ3n) is 2.51. The summed E-state index contributed by atoms with van der Waals surface area (Å²) in [7, 11) is 0. The van der Waals surface area contributed by atoms with Crippen LogP contribution in [0.3, 0.4) is 0 Å². The number of likely N-dealkylation sites (tertiary alicyclic amines) is 1. The molecule has 0 spiro atoms. The quantitative estimate of drug-likeness (QED) is 0.698. The number of hydrogen-bond acceptors (Lipinski definition) is 4. The number of aliphatic hydroxyl groups is 2. The summed E-state index contributed by atoms with van der Waals surface area (Å²) >= 11 is 0. The monoisotopic (exact) mass is 231 g/mol. The van der Waals surface area contributed by atoms with E-state index in [9.17, 15) is 15.0 Å². The normalized spacial score (nSPS) is 28.0. The first-order valence-corrected chi connectivity index (χ1v) is 5.56. The zero-order valence-corrected chi connectivity index (χ0v) is 10.3. The molecule has 1 heterocycles. The fraction of sp³-hybridized carbons (Fsp3) is 0.909. The molecule has 0 aromatic heterocycles. The zero-order chi connectivity index (χ0) is 12.5. The van der Waals surface area contributed by atoms with Gasteiger partial charge in [-0.3, -0.25) is 4.90 Å². The van der Waals surface area contributed by atoms with Crippen molar-refractivity contribution < 1.29 is 19.7 Å². The number of carbonyl (C=O) groups is 1. The summed E-state index contributed by atoms with van der Waals surface area (Å²) < 4.78 is 5.22. The van der Waals surface area contributed by atoms with Gasteiger partial charge in [-0.05, 0) is 34.1 Å². The fourth-order valence-corrected chi connectivity index (χ4v) is 1.83. The Labute approximate surface area is 96.0 Å². The molecule has 1 aliphatic rings. The van der Waals surface area contributed by atoms with Crippen LogP contribution in [0.4, 0.5) is 4.79 Å². The van der Waals surface area contributed by atoms with Gasteiger partial charge < -0.3 is 14.9 Å². The molecule has 2 N–H and O–H groups in total. The maximum atomic E-state index is 11.8. The number of carbonyl (C=O) groups excluding carboxylic acids is 1. The molecule has 5 heteroatoms. The Morgan fingerprint density at radius 3 is 2.50 bits per heavy atom. The molecule has 1 amide bonds. The van der Waals surface area contributed by atoms with Crippen LogP contribution in [0.5, 0.6) is 0 Å². The molecule has 0 radical (unpaired) electrons. The van der Waals surface area contributed by atoms with Gasteiger partial charge in [0.2, 0.25) is 0 Å². The Kier molecular flexibility index (Phi) is 3.80. The fourth-order valence-electron chi connectivity index (χ4n) is 1.83. The molecule has 0 bridgehead atoms. The smallest absolute Gasteiger partial charge is 0.410 e. The van der Waals surface area contributed by atoms with Gasteiger partial charge in [0, 0.05) is 0 Å². The average Bonchev–Trinajstić information content (AvgIpc) is 2.44. The van der Waals surface area contributed by atoms with Crippen molar-refractivity contribution in [3.8, 4) is 0 Å². The first-order valence-electron chi connectivity index (χ1n) is 5.56. The number of nitrogens with zero attached hydrogens (tertiary/aromatic N) is 1. The van der Waals surface area contributed by atoms with E-state index in [1.165, 1.54) is 4.90 Å². The minimum absolute atomic E-state index is 0.227. The Morgan fingerprint density at radius 2 is 2.06 bits per heavy atom. The highest BCUT2D eigenvalue weighted by Crippen LogP contribution is 2.23. The molecular weight excluding hydrogens is 210 g/mol. The molecule has 0 aromatic carbocycles.